The van der Waals surface area contributed by atoms with Crippen LogP contribution in [0.3, 0.4) is 0 Å². The van der Waals surface area contributed by atoms with E-state index >= 15 is 0 Å². The van der Waals surface area contributed by atoms with Crippen molar-refractivity contribution in [3.8, 4) is 17.0 Å². The molecule has 108 valence electrons. The fraction of sp³-hybridized carbons (Fsp3) is 0.200. The average molecular weight is 304 g/mol. The Hall–Kier alpha value is -2.00. The summed E-state index contributed by atoms with van der Waals surface area (Å²) in [6, 6.07) is 6.45. The molecule has 1 amide bonds. The van der Waals surface area contributed by atoms with Crippen molar-refractivity contribution in [2.45, 2.75) is 12.8 Å². The lowest BCUT2D eigenvalue weighted by Gasteiger charge is -2.20. The fourth-order valence-corrected chi connectivity index (χ4v) is 2.69. The first-order chi connectivity index (χ1) is 10.1. The topological polar surface area (TPSA) is 65.2 Å². The maximum absolute atomic E-state index is 14.2. The smallest absolute Gasteiger partial charge is 0.267 e. The van der Waals surface area contributed by atoms with Crippen molar-refractivity contribution in [2.24, 2.45) is 5.73 Å². The summed E-state index contributed by atoms with van der Waals surface area (Å²) in [4.78, 5) is 15.5. The number of pyridine rings is 1. The maximum atomic E-state index is 14.2. The van der Waals surface area contributed by atoms with Crippen molar-refractivity contribution < 1.29 is 13.9 Å². The summed E-state index contributed by atoms with van der Waals surface area (Å²) in [5.41, 5.74) is 7.25. The van der Waals surface area contributed by atoms with E-state index < -0.39 is 5.91 Å². The molecule has 2 heterocycles. The predicted molar refractivity (Wildman–Crippen MR) is 81.3 cm³/mol. The summed E-state index contributed by atoms with van der Waals surface area (Å²) in [5, 5.41) is 0.755. The van der Waals surface area contributed by atoms with E-state index in [1.165, 1.54) is 12.1 Å². The maximum Gasteiger partial charge on any atom is 0.267 e. The van der Waals surface area contributed by atoms with Crippen LogP contribution < -0.4 is 15.8 Å². The molecule has 0 fully saturated rings. The molecule has 3 rings (SSSR count). The van der Waals surface area contributed by atoms with Crippen molar-refractivity contribution in [1.29, 1.82) is 0 Å². The van der Waals surface area contributed by atoms with Gasteiger partial charge in [-0.1, -0.05) is 12.1 Å². The number of halogens is 1. The van der Waals surface area contributed by atoms with Crippen LogP contribution in [0.2, 0.25) is 0 Å². The van der Waals surface area contributed by atoms with Gasteiger partial charge in [-0.05, 0) is 35.8 Å². The number of amides is 1. The Bertz CT molecular complexity index is 734. The summed E-state index contributed by atoms with van der Waals surface area (Å²) in [7, 11) is 2.45. The molecule has 6 heteroatoms. The first-order valence-corrected chi connectivity index (χ1v) is 7.16. The number of carbonyl (C=O) groups excluding carboxylic acids is 1. The molecule has 21 heavy (non-hydrogen) atoms. The predicted octanol–water partition coefficient (Wildman–Crippen LogP) is 1.81. The van der Waals surface area contributed by atoms with Gasteiger partial charge >= 0.3 is 0 Å². The molecule has 0 saturated carbocycles. The van der Waals surface area contributed by atoms with E-state index in [2.05, 4.69) is 14.2 Å². The van der Waals surface area contributed by atoms with E-state index in [1.807, 2.05) is 0 Å². The molecule has 0 radical (unpaired) electrons. The Labute approximate surface area is 123 Å². The Balaban J connectivity index is 2.24. The van der Waals surface area contributed by atoms with Crippen molar-refractivity contribution in [2.75, 3.05) is 6.61 Å². The second-order valence-corrected chi connectivity index (χ2v) is 5.56. The standard InChI is InChI=1S/C15H14FN2O2P/c16-12-6-8(21)3-4-9(12)11-7-13(14(17)19)18-15-10(11)2-1-5-20-15/h3-4,6-7H,1-2,5,21H2,(H2,17,19). The van der Waals surface area contributed by atoms with Gasteiger partial charge in [0, 0.05) is 11.1 Å². The highest BCUT2D eigenvalue weighted by atomic mass is 31.0. The van der Waals surface area contributed by atoms with E-state index in [0.717, 1.165) is 23.7 Å². The van der Waals surface area contributed by atoms with E-state index in [9.17, 15) is 9.18 Å². The highest BCUT2D eigenvalue weighted by Crippen LogP contribution is 2.34. The lowest BCUT2D eigenvalue weighted by Crippen LogP contribution is -2.18. The summed E-state index contributed by atoms with van der Waals surface area (Å²) in [6.07, 6.45) is 1.57. The van der Waals surface area contributed by atoms with Crippen molar-refractivity contribution in [3.05, 3.63) is 41.3 Å². The van der Waals surface area contributed by atoms with Gasteiger partial charge in [0.25, 0.3) is 5.91 Å². The number of hydrogen-bond acceptors (Lipinski definition) is 3. The molecular weight excluding hydrogens is 290 g/mol. The summed E-state index contributed by atoms with van der Waals surface area (Å²) in [5.74, 6) is -0.630. The molecule has 1 aromatic carbocycles. The lowest BCUT2D eigenvalue weighted by atomic mass is 9.95. The van der Waals surface area contributed by atoms with Gasteiger partial charge in [0.1, 0.15) is 11.5 Å². The molecular formula is C15H14FN2O2P. The molecule has 1 aliphatic rings. The number of ether oxygens (including phenoxy) is 1. The van der Waals surface area contributed by atoms with Gasteiger partial charge in [-0.25, -0.2) is 9.37 Å². The number of aromatic nitrogens is 1. The van der Waals surface area contributed by atoms with Crippen molar-refractivity contribution >= 4 is 20.5 Å². The Morgan fingerprint density at radius 2 is 2.14 bits per heavy atom. The van der Waals surface area contributed by atoms with Gasteiger partial charge in [-0.2, -0.15) is 0 Å². The number of hydrogen-bond donors (Lipinski definition) is 1. The lowest BCUT2D eigenvalue weighted by molar-refractivity contribution is 0.0994. The van der Waals surface area contributed by atoms with Crippen LogP contribution in [0.15, 0.2) is 24.3 Å². The number of benzene rings is 1. The highest BCUT2D eigenvalue weighted by Gasteiger charge is 2.21. The number of rotatable bonds is 2. The summed E-state index contributed by atoms with van der Waals surface area (Å²) in [6.45, 7) is 0.536. The molecule has 2 aromatic rings. The molecule has 0 aliphatic carbocycles. The average Bonchev–Trinajstić information content (AvgIpc) is 2.46. The Morgan fingerprint density at radius 1 is 1.33 bits per heavy atom. The monoisotopic (exact) mass is 304 g/mol. The number of carbonyl (C=O) groups is 1. The van der Waals surface area contributed by atoms with Gasteiger partial charge in [-0.3, -0.25) is 4.79 Å². The molecule has 2 N–H and O–H groups in total. The zero-order chi connectivity index (χ0) is 15.0. The van der Waals surface area contributed by atoms with Crippen LogP contribution in [-0.4, -0.2) is 17.5 Å². The molecule has 0 bridgehead atoms. The summed E-state index contributed by atoms with van der Waals surface area (Å²) >= 11 is 0. The van der Waals surface area contributed by atoms with E-state index in [1.54, 1.807) is 12.1 Å². The quantitative estimate of drug-likeness (QED) is 0.861. The zero-order valence-corrected chi connectivity index (χ0v) is 12.4. The fourth-order valence-electron chi connectivity index (χ4n) is 2.44. The van der Waals surface area contributed by atoms with Crippen LogP contribution >= 0.6 is 9.24 Å². The normalized spacial score (nSPS) is 13.4. The number of nitrogens with zero attached hydrogens (tertiary/aromatic N) is 1. The molecule has 0 spiro atoms. The van der Waals surface area contributed by atoms with E-state index in [4.69, 9.17) is 10.5 Å². The molecule has 1 aliphatic heterocycles. The van der Waals surface area contributed by atoms with E-state index in [0.29, 0.717) is 23.6 Å². The minimum absolute atomic E-state index is 0.0833. The van der Waals surface area contributed by atoms with Crippen molar-refractivity contribution in [1.82, 2.24) is 4.98 Å². The minimum atomic E-state index is -0.656. The second kappa shape index (κ2) is 5.41. The largest absolute Gasteiger partial charge is 0.477 e. The van der Waals surface area contributed by atoms with Crippen molar-refractivity contribution in [3.63, 3.8) is 0 Å². The van der Waals surface area contributed by atoms with E-state index in [-0.39, 0.29) is 11.5 Å². The van der Waals surface area contributed by atoms with Gasteiger partial charge in [0.2, 0.25) is 5.88 Å². The zero-order valence-electron chi connectivity index (χ0n) is 11.2. The van der Waals surface area contributed by atoms with Crippen LogP contribution in [0.1, 0.15) is 22.5 Å². The van der Waals surface area contributed by atoms with Crippen LogP contribution in [0.25, 0.3) is 11.1 Å². The third-order valence-corrected chi connectivity index (χ3v) is 3.79. The number of primary amides is 1. The third-order valence-electron chi connectivity index (χ3n) is 3.43. The van der Waals surface area contributed by atoms with Crippen LogP contribution in [0, 0.1) is 5.82 Å². The SMILES string of the molecule is NC(=O)c1cc(-c2ccc(P)cc2F)c2c(n1)OCCC2. The number of nitrogens with two attached hydrogens (primary N) is 1. The van der Waals surface area contributed by atoms with Gasteiger partial charge < -0.3 is 10.5 Å². The molecule has 1 atom stereocenters. The first-order valence-electron chi connectivity index (χ1n) is 6.58. The molecule has 0 saturated heterocycles. The van der Waals surface area contributed by atoms with Crippen LogP contribution in [-0.2, 0) is 6.42 Å². The Morgan fingerprint density at radius 3 is 2.86 bits per heavy atom. The minimum Gasteiger partial charge on any atom is -0.477 e. The third kappa shape index (κ3) is 2.61. The van der Waals surface area contributed by atoms with Crippen LogP contribution in [0.5, 0.6) is 5.88 Å². The molecule has 1 unspecified atom stereocenters. The summed E-state index contributed by atoms with van der Waals surface area (Å²) < 4.78 is 19.7. The first kappa shape index (κ1) is 14.0. The van der Waals surface area contributed by atoms with Gasteiger partial charge in [0.15, 0.2) is 0 Å². The molecule has 1 aromatic heterocycles. The highest BCUT2D eigenvalue weighted by molar-refractivity contribution is 7.27. The Kier molecular flexibility index (Phi) is 3.60. The van der Waals surface area contributed by atoms with Gasteiger partial charge in [-0.15, -0.1) is 9.24 Å². The number of fused-ring (bicyclic) bond motifs is 1. The molecule has 4 nitrogen and oxygen atoms in total. The van der Waals surface area contributed by atoms with Crippen LogP contribution in [0.4, 0.5) is 4.39 Å². The second-order valence-electron chi connectivity index (χ2n) is 4.89. The van der Waals surface area contributed by atoms with Gasteiger partial charge in [0.05, 0.1) is 6.61 Å².